The predicted molar refractivity (Wildman–Crippen MR) is 119 cm³/mol. The molecule has 0 aromatic heterocycles. The van der Waals surface area contributed by atoms with Crippen molar-refractivity contribution in [1.82, 2.24) is 10.6 Å². The molecule has 3 N–H and O–H groups in total. The van der Waals surface area contributed by atoms with E-state index in [9.17, 15) is 9.50 Å². The molecule has 0 amide bonds. The van der Waals surface area contributed by atoms with Crippen LogP contribution in [0, 0.1) is 5.82 Å². The predicted octanol–water partition coefficient (Wildman–Crippen LogP) is 3.68. The minimum Gasteiger partial charge on any atom is -0.505 e. The molecular weight excluding hydrogens is 476 g/mol. The van der Waals surface area contributed by atoms with Gasteiger partial charge in [0.25, 0.3) is 0 Å². The molecule has 0 aliphatic carbocycles. The van der Waals surface area contributed by atoms with Crippen LogP contribution in [0.25, 0.3) is 0 Å². The topological polar surface area (TPSA) is 75.1 Å². The zero-order valence-corrected chi connectivity index (χ0v) is 18.6. The van der Waals surface area contributed by atoms with Gasteiger partial charge in [-0.05, 0) is 43.7 Å². The molecule has 154 valence electrons. The summed E-state index contributed by atoms with van der Waals surface area (Å²) in [6, 6.07) is 11.7. The van der Waals surface area contributed by atoms with Crippen LogP contribution in [0.5, 0.6) is 17.2 Å². The molecule has 28 heavy (non-hydrogen) atoms. The van der Waals surface area contributed by atoms with E-state index in [-0.39, 0.29) is 42.4 Å². The Hall–Kier alpha value is -2.23. The summed E-state index contributed by atoms with van der Waals surface area (Å²) < 4.78 is 24.6. The van der Waals surface area contributed by atoms with Gasteiger partial charge >= 0.3 is 0 Å². The molecule has 0 saturated carbocycles. The number of hydrogen-bond acceptors (Lipinski definition) is 4. The third-order valence-electron chi connectivity index (χ3n) is 3.73. The summed E-state index contributed by atoms with van der Waals surface area (Å²) in [5.74, 6) is 0.936. The maximum Gasteiger partial charge on any atom is 0.191 e. The fraction of sp³-hybridized carbons (Fsp3) is 0.350. The smallest absolute Gasteiger partial charge is 0.191 e. The lowest BCUT2D eigenvalue weighted by Gasteiger charge is -2.19. The summed E-state index contributed by atoms with van der Waals surface area (Å²) >= 11 is 0. The third-order valence-corrected chi connectivity index (χ3v) is 3.73. The highest BCUT2D eigenvalue weighted by Gasteiger charge is 2.09. The first-order valence-electron chi connectivity index (χ1n) is 8.82. The van der Waals surface area contributed by atoms with E-state index in [1.807, 2.05) is 38.1 Å². The van der Waals surface area contributed by atoms with Crippen molar-refractivity contribution < 1.29 is 19.0 Å². The van der Waals surface area contributed by atoms with Gasteiger partial charge < -0.3 is 25.2 Å². The molecular formula is C20H27FIN3O3. The molecule has 0 aliphatic rings. The summed E-state index contributed by atoms with van der Waals surface area (Å²) in [5, 5.41) is 15.6. The first kappa shape index (κ1) is 23.8. The average Bonchev–Trinajstić information content (AvgIpc) is 2.67. The minimum atomic E-state index is -0.653. The number of methoxy groups -OCH3 is 1. The van der Waals surface area contributed by atoms with Crippen molar-refractivity contribution in [1.29, 1.82) is 0 Å². The molecule has 2 aromatic carbocycles. The number of benzene rings is 2. The Balaban J connectivity index is 0.00000392. The van der Waals surface area contributed by atoms with E-state index in [1.165, 1.54) is 12.1 Å². The first-order chi connectivity index (χ1) is 13.0. The second-order valence-corrected chi connectivity index (χ2v) is 5.94. The van der Waals surface area contributed by atoms with Gasteiger partial charge in [0.15, 0.2) is 29.0 Å². The van der Waals surface area contributed by atoms with Crippen LogP contribution in [0.2, 0.25) is 0 Å². The zero-order valence-electron chi connectivity index (χ0n) is 16.2. The summed E-state index contributed by atoms with van der Waals surface area (Å²) in [5.41, 5.74) is 0.667. The number of guanidine groups is 1. The fourth-order valence-corrected chi connectivity index (χ4v) is 2.38. The maximum atomic E-state index is 13.4. The van der Waals surface area contributed by atoms with Gasteiger partial charge in [-0.2, -0.15) is 0 Å². The number of nitrogens with zero attached hydrogens (tertiary/aromatic N) is 1. The molecule has 0 saturated heterocycles. The number of halogens is 2. The number of phenols is 1. The lowest BCUT2D eigenvalue weighted by molar-refractivity contribution is 0.213. The van der Waals surface area contributed by atoms with Crippen LogP contribution >= 0.6 is 24.0 Å². The SMILES string of the molecule is CCNC(=NCc1ccc(O)c(F)c1)NCC(C)Oc1ccccc1OC.I. The van der Waals surface area contributed by atoms with E-state index in [1.54, 1.807) is 13.2 Å². The summed E-state index contributed by atoms with van der Waals surface area (Å²) in [7, 11) is 1.60. The molecule has 8 heteroatoms. The van der Waals surface area contributed by atoms with Crippen LogP contribution < -0.4 is 20.1 Å². The van der Waals surface area contributed by atoms with Crippen molar-refractivity contribution in [2.24, 2.45) is 4.99 Å². The van der Waals surface area contributed by atoms with Gasteiger partial charge in [0.1, 0.15) is 6.10 Å². The van der Waals surface area contributed by atoms with Crippen molar-refractivity contribution in [3.05, 3.63) is 53.8 Å². The standard InChI is InChI=1S/C20H26FN3O3.HI/c1-4-22-20(24-13-15-9-10-17(25)16(21)11-15)23-12-14(2)27-19-8-6-5-7-18(19)26-3;/h5-11,14,25H,4,12-13H2,1-3H3,(H2,22,23,24);1H. The van der Waals surface area contributed by atoms with Gasteiger partial charge in [0.05, 0.1) is 20.2 Å². The highest BCUT2D eigenvalue weighted by atomic mass is 127. The van der Waals surface area contributed by atoms with E-state index in [0.29, 0.717) is 36.1 Å². The van der Waals surface area contributed by atoms with E-state index in [4.69, 9.17) is 9.47 Å². The van der Waals surface area contributed by atoms with Gasteiger partial charge in [-0.1, -0.05) is 18.2 Å². The Morgan fingerprint density at radius 3 is 2.54 bits per heavy atom. The number of hydrogen-bond donors (Lipinski definition) is 3. The second-order valence-electron chi connectivity index (χ2n) is 5.94. The molecule has 0 fully saturated rings. The number of ether oxygens (including phenoxy) is 2. The van der Waals surface area contributed by atoms with E-state index in [2.05, 4.69) is 15.6 Å². The zero-order chi connectivity index (χ0) is 19.6. The van der Waals surface area contributed by atoms with Crippen molar-refractivity contribution in [3.63, 3.8) is 0 Å². The minimum absolute atomic E-state index is 0. The van der Waals surface area contributed by atoms with Crippen LogP contribution in [-0.2, 0) is 6.54 Å². The van der Waals surface area contributed by atoms with Crippen LogP contribution in [0.1, 0.15) is 19.4 Å². The average molecular weight is 503 g/mol. The van der Waals surface area contributed by atoms with Crippen LogP contribution in [0.3, 0.4) is 0 Å². The van der Waals surface area contributed by atoms with Gasteiger partial charge in [0, 0.05) is 6.54 Å². The molecule has 1 atom stereocenters. The number of phenolic OH excluding ortho intramolecular Hbond substituents is 1. The number of para-hydroxylation sites is 2. The molecule has 6 nitrogen and oxygen atoms in total. The maximum absolute atomic E-state index is 13.4. The Kier molecular flexibility index (Phi) is 10.4. The van der Waals surface area contributed by atoms with Crippen molar-refractivity contribution in [2.75, 3.05) is 20.2 Å². The van der Waals surface area contributed by atoms with Gasteiger partial charge in [-0.3, -0.25) is 0 Å². The lowest BCUT2D eigenvalue weighted by Crippen LogP contribution is -2.41. The normalized spacial score (nSPS) is 11.9. The van der Waals surface area contributed by atoms with Crippen molar-refractivity contribution in [2.45, 2.75) is 26.5 Å². The summed E-state index contributed by atoms with van der Waals surface area (Å²) in [4.78, 5) is 4.43. The van der Waals surface area contributed by atoms with Crippen LogP contribution in [-0.4, -0.2) is 37.4 Å². The van der Waals surface area contributed by atoms with Gasteiger partial charge in [-0.25, -0.2) is 9.38 Å². The molecule has 0 aliphatic heterocycles. The number of rotatable bonds is 8. The molecule has 0 spiro atoms. The quantitative estimate of drug-likeness (QED) is 0.291. The van der Waals surface area contributed by atoms with E-state index < -0.39 is 5.82 Å². The summed E-state index contributed by atoms with van der Waals surface area (Å²) in [6.45, 7) is 5.41. The third kappa shape index (κ3) is 7.41. The van der Waals surface area contributed by atoms with Gasteiger partial charge in [0.2, 0.25) is 0 Å². The number of aromatic hydroxyl groups is 1. The van der Waals surface area contributed by atoms with E-state index >= 15 is 0 Å². The number of aliphatic imine (C=N–C) groups is 1. The Bertz CT molecular complexity index is 774. The molecule has 2 rings (SSSR count). The Morgan fingerprint density at radius 1 is 1.18 bits per heavy atom. The number of nitrogens with one attached hydrogen (secondary N) is 2. The van der Waals surface area contributed by atoms with Gasteiger partial charge in [-0.15, -0.1) is 24.0 Å². The summed E-state index contributed by atoms with van der Waals surface area (Å²) in [6.07, 6.45) is -0.128. The molecule has 0 heterocycles. The highest BCUT2D eigenvalue weighted by molar-refractivity contribution is 14.0. The van der Waals surface area contributed by atoms with E-state index in [0.717, 1.165) is 0 Å². The van der Waals surface area contributed by atoms with Crippen LogP contribution in [0.4, 0.5) is 4.39 Å². The lowest BCUT2D eigenvalue weighted by atomic mass is 10.2. The monoisotopic (exact) mass is 503 g/mol. The molecule has 0 bridgehead atoms. The van der Waals surface area contributed by atoms with Crippen LogP contribution in [0.15, 0.2) is 47.5 Å². The highest BCUT2D eigenvalue weighted by Crippen LogP contribution is 2.26. The molecule has 2 aromatic rings. The van der Waals surface area contributed by atoms with Crippen molar-refractivity contribution in [3.8, 4) is 17.2 Å². The Morgan fingerprint density at radius 2 is 1.89 bits per heavy atom. The Labute approximate surface area is 182 Å². The largest absolute Gasteiger partial charge is 0.505 e. The van der Waals surface area contributed by atoms with Crippen molar-refractivity contribution >= 4 is 29.9 Å². The first-order valence-corrected chi connectivity index (χ1v) is 8.82. The molecule has 0 radical (unpaired) electrons. The molecule has 1 unspecified atom stereocenters. The fourth-order valence-electron chi connectivity index (χ4n) is 2.38. The second kappa shape index (κ2) is 12.3.